The lowest BCUT2D eigenvalue weighted by atomic mass is 10.1. The van der Waals surface area contributed by atoms with Crippen LogP contribution in [0.3, 0.4) is 0 Å². The molecular formula is C23H15N3O9. The lowest BCUT2D eigenvalue weighted by molar-refractivity contribution is -0.385. The smallest absolute Gasteiger partial charge is 0.326 e. The molecule has 35 heavy (non-hydrogen) atoms. The zero-order valence-corrected chi connectivity index (χ0v) is 17.8. The van der Waals surface area contributed by atoms with E-state index in [1.54, 1.807) is 24.3 Å². The third-order valence-electron chi connectivity index (χ3n) is 5.04. The summed E-state index contributed by atoms with van der Waals surface area (Å²) < 4.78 is 10.8. The topological polar surface area (TPSA) is 159 Å². The van der Waals surface area contributed by atoms with Crippen molar-refractivity contribution < 1.29 is 33.7 Å². The van der Waals surface area contributed by atoms with Gasteiger partial charge in [0.05, 0.1) is 15.4 Å². The molecular weight excluding hydrogens is 462 g/mol. The van der Waals surface area contributed by atoms with Crippen LogP contribution >= 0.6 is 0 Å². The molecule has 1 aliphatic rings. The van der Waals surface area contributed by atoms with Gasteiger partial charge in [-0.3, -0.25) is 39.5 Å². The Labute approximate surface area is 196 Å². The number of esters is 1. The average Bonchev–Trinajstić information content (AvgIpc) is 3.08. The van der Waals surface area contributed by atoms with Gasteiger partial charge in [0.25, 0.3) is 23.2 Å². The van der Waals surface area contributed by atoms with Crippen LogP contribution in [-0.2, 0) is 16.1 Å². The lowest BCUT2D eigenvalue weighted by Crippen LogP contribution is -2.35. The average molecular weight is 477 g/mol. The Morgan fingerprint density at radius 1 is 0.857 bits per heavy atom. The Bertz CT molecular complexity index is 1370. The summed E-state index contributed by atoms with van der Waals surface area (Å²) in [5.74, 6) is -1.88. The van der Waals surface area contributed by atoms with Crippen LogP contribution in [0.4, 0.5) is 11.4 Å². The van der Waals surface area contributed by atoms with Crippen molar-refractivity contribution in [2.75, 3.05) is 6.54 Å². The molecule has 0 fully saturated rings. The number of amides is 2. The van der Waals surface area contributed by atoms with Gasteiger partial charge >= 0.3 is 5.97 Å². The molecule has 0 bridgehead atoms. The van der Waals surface area contributed by atoms with Gasteiger partial charge in [0.1, 0.15) is 30.2 Å². The van der Waals surface area contributed by atoms with Gasteiger partial charge in [-0.05, 0) is 35.9 Å². The molecule has 0 aliphatic carbocycles. The molecule has 12 heteroatoms. The fourth-order valence-electron chi connectivity index (χ4n) is 3.42. The van der Waals surface area contributed by atoms with Crippen LogP contribution in [0, 0.1) is 20.2 Å². The van der Waals surface area contributed by atoms with Crippen molar-refractivity contribution in [3.8, 4) is 11.5 Å². The molecule has 0 radical (unpaired) electrons. The maximum Gasteiger partial charge on any atom is 0.326 e. The van der Waals surface area contributed by atoms with Gasteiger partial charge in [-0.25, -0.2) is 0 Å². The van der Waals surface area contributed by atoms with Crippen LogP contribution in [0.2, 0.25) is 0 Å². The number of carbonyl (C=O) groups is 3. The predicted octanol–water partition coefficient (Wildman–Crippen LogP) is 3.63. The van der Waals surface area contributed by atoms with Crippen molar-refractivity contribution in [1.82, 2.24) is 4.90 Å². The van der Waals surface area contributed by atoms with E-state index in [-0.39, 0.29) is 23.4 Å². The van der Waals surface area contributed by atoms with Crippen molar-refractivity contribution in [1.29, 1.82) is 0 Å². The molecule has 0 unspecified atom stereocenters. The second-order valence-corrected chi connectivity index (χ2v) is 7.31. The number of nitro benzene ring substituents is 2. The van der Waals surface area contributed by atoms with E-state index < -0.39 is 39.9 Å². The first-order valence-electron chi connectivity index (χ1n) is 10.0. The summed E-state index contributed by atoms with van der Waals surface area (Å²) in [6, 6.07) is 15.7. The van der Waals surface area contributed by atoms with Crippen LogP contribution in [0.1, 0.15) is 26.3 Å². The number of fused-ring (bicyclic) bond motifs is 1. The summed E-state index contributed by atoms with van der Waals surface area (Å²) in [5.41, 5.74) is -0.553. The summed E-state index contributed by atoms with van der Waals surface area (Å²) in [6.07, 6.45) is 0. The normalized spacial score (nSPS) is 12.3. The van der Waals surface area contributed by atoms with E-state index in [1.807, 2.05) is 0 Å². The molecule has 12 nitrogen and oxygen atoms in total. The number of benzene rings is 3. The molecule has 1 aliphatic heterocycles. The Kier molecular flexibility index (Phi) is 6.18. The SMILES string of the molecule is O=C(CN1C(=O)c2cccc([N+](=O)[O-])c2C1=O)OCc1cccc(Oc2ccc([N+](=O)[O-])cc2)c1. The first-order chi connectivity index (χ1) is 16.7. The van der Waals surface area contributed by atoms with Gasteiger partial charge in [0, 0.05) is 18.2 Å². The summed E-state index contributed by atoms with van der Waals surface area (Å²) in [6.45, 7) is -0.901. The number of imide groups is 1. The first-order valence-corrected chi connectivity index (χ1v) is 10.0. The van der Waals surface area contributed by atoms with Crippen LogP contribution in [0.5, 0.6) is 11.5 Å². The summed E-state index contributed by atoms with van der Waals surface area (Å²) in [7, 11) is 0. The fraction of sp³-hybridized carbons (Fsp3) is 0.0870. The number of ether oxygens (including phenoxy) is 2. The maximum atomic E-state index is 12.6. The standard InChI is InChI=1S/C23H15N3O9/c27-20(12-24-22(28)18-5-2-6-19(26(32)33)21(18)23(24)29)34-13-14-3-1-4-17(11-14)35-16-9-7-15(8-10-16)25(30)31/h1-11H,12-13H2. The third kappa shape index (κ3) is 4.80. The van der Waals surface area contributed by atoms with Gasteiger partial charge < -0.3 is 9.47 Å². The number of carbonyl (C=O) groups excluding carboxylic acids is 3. The Hall–Kier alpha value is -5.13. The van der Waals surface area contributed by atoms with E-state index in [2.05, 4.69) is 0 Å². The number of non-ortho nitro benzene ring substituents is 1. The van der Waals surface area contributed by atoms with Gasteiger partial charge in [0.15, 0.2) is 0 Å². The highest BCUT2D eigenvalue weighted by molar-refractivity contribution is 6.24. The molecule has 0 saturated heterocycles. The minimum absolute atomic E-state index is 0.0781. The van der Waals surface area contributed by atoms with Crippen molar-refractivity contribution in [3.05, 3.63) is 104 Å². The van der Waals surface area contributed by atoms with Gasteiger partial charge in [-0.2, -0.15) is 0 Å². The quantitative estimate of drug-likeness (QED) is 0.204. The fourth-order valence-corrected chi connectivity index (χ4v) is 3.42. The van der Waals surface area contributed by atoms with E-state index in [0.717, 1.165) is 6.07 Å². The Morgan fingerprint density at radius 3 is 2.26 bits per heavy atom. The Morgan fingerprint density at radius 2 is 1.57 bits per heavy atom. The molecule has 2 amide bonds. The van der Waals surface area contributed by atoms with Crippen molar-refractivity contribution in [3.63, 3.8) is 0 Å². The summed E-state index contributed by atoms with van der Waals surface area (Å²) >= 11 is 0. The molecule has 4 rings (SSSR count). The first kappa shape index (κ1) is 23.0. The number of nitrogens with zero attached hydrogens (tertiary/aromatic N) is 3. The van der Waals surface area contributed by atoms with E-state index >= 15 is 0 Å². The zero-order valence-electron chi connectivity index (χ0n) is 17.8. The molecule has 0 aromatic heterocycles. The molecule has 0 N–H and O–H groups in total. The third-order valence-corrected chi connectivity index (χ3v) is 5.04. The molecule has 3 aromatic rings. The van der Waals surface area contributed by atoms with Crippen LogP contribution in [0.15, 0.2) is 66.7 Å². The molecule has 1 heterocycles. The largest absolute Gasteiger partial charge is 0.459 e. The van der Waals surface area contributed by atoms with E-state index in [0.29, 0.717) is 22.0 Å². The molecule has 0 spiro atoms. The minimum Gasteiger partial charge on any atom is -0.459 e. The molecule has 3 aromatic carbocycles. The molecule has 0 saturated carbocycles. The second-order valence-electron chi connectivity index (χ2n) is 7.31. The summed E-state index contributed by atoms with van der Waals surface area (Å²) in [5, 5.41) is 21.9. The highest BCUT2D eigenvalue weighted by Gasteiger charge is 2.41. The monoisotopic (exact) mass is 477 g/mol. The zero-order chi connectivity index (χ0) is 25.1. The van der Waals surface area contributed by atoms with Crippen molar-refractivity contribution in [2.45, 2.75) is 6.61 Å². The molecule has 176 valence electrons. The van der Waals surface area contributed by atoms with E-state index in [9.17, 15) is 34.6 Å². The van der Waals surface area contributed by atoms with Gasteiger partial charge in [-0.15, -0.1) is 0 Å². The van der Waals surface area contributed by atoms with Crippen LogP contribution < -0.4 is 4.74 Å². The van der Waals surface area contributed by atoms with Crippen molar-refractivity contribution in [2.24, 2.45) is 0 Å². The van der Waals surface area contributed by atoms with E-state index in [4.69, 9.17) is 9.47 Å². The van der Waals surface area contributed by atoms with Gasteiger partial charge in [-0.1, -0.05) is 18.2 Å². The second kappa shape index (κ2) is 9.39. The predicted molar refractivity (Wildman–Crippen MR) is 118 cm³/mol. The van der Waals surface area contributed by atoms with Gasteiger partial charge in [0.2, 0.25) is 0 Å². The number of rotatable bonds is 8. The Balaban J connectivity index is 1.37. The highest BCUT2D eigenvalue weighted by Crippen LogP contribution is 2.30. The number of hydrogen-bond acceptors (Lipinski definition) is 9. The maximum absolute atomic E-state index is 12.6. The summed E-state index contributed by atoms with van der Waals surface area (Å²) in [4.78, 5) is 58.6. The van der Waals surface area contributed by atoms with Crippen LogP contribution in [0.25, 0.3) is 0 Å². The van der Waals surface area contributed by atoms with Crippen LogP contribution in [-0.4, -0.2) is 39.1 Å². The minimum atomic E-state index is -0.937. The highest BCUT2D eigenvalue weighted by atomic mass is 16.6. The van der Waals surface area contributed by atoms with Crippen molar-refractivity contribution >= 4 is 29.2 Å². The van der Waals surface area contributed by atoms with E-state index in [1.165, 1.54) is 36.4 Å². The number of hydrogen-bond donors (Lipinski definition) is 0. The molecule has 0 atom stereocenters. The number of nitro groups is 2. The lowest BCUT2D eigenvalue weighted by Gasteiger charge is -2.13.